The van der Waals surface area contributed by atoms with E-state index < -0.39 is 0 Å². The Morgan fingerprint density at radius 3 is 2.71 bits per heavy atom. The van der Waals surface area contributed by atoms with Gasteiger partial charge in [-0.3, -0.25) is 0 Å². The molecule has 1 rings (SSSR count). The molecule has 0 saturated heterocycles. The minimum Gasteiger partial charge on any atom is -0.396 e. The van der Waals surface area contributed by atoms with Crippen LogP contribution in [0.2, 0.25) is 0 Å². The highest BCUT2D eigenvalue weighted by Crippen LogP contribution is 2.07. The first-order valence-electron chi connectivity index (χ1n) is 6.18. The lowest BCUT2D eigenvalue weighted by Crippen LogP contribution is -2.19. The molecule has 17 heavy (non-hydrogen) atoms. The van der Waals surface area contributed by atoms with Gasteiger partial charge < -0.3 is 15.3 Å². The molecule has 4 nitrogen and oxygen atoms in total. The minimum absolute atomic E-state index is 0.305. The summed E-state index contributed by atoms with van der Waals surface area (Å²) in [6.45, 7) is 2.29. The summed E-state index contributed by atoms with van der Waals surface area (Å²) >= 11 is 0. The second-order valence-corrected chi connectivity index (χ2v) is 4.32. The maximum atomic E-state index is 8.69. The first kappa shape index (κ1) is 13.9. The number of hydrogen-bond acceptors (Lipinski definition) is 4. The van der Waals surface area contributed by atoms with E-state index in [9.17, 15) is 0 Å². The number of pyridine rings is 1. The molecule has 0 fully saturated rings. The highest BCUT2D eigenvalue weighted by atomic mass is 16.2. The van der Waals surface area contributed by atoms with E-state index in [4.69, 9.17) is 5.11 Å². The van der Waals surface area contributed by atoms with Crippen LogP contribution in [0.1, 0.15) is 24.8 Å². The predicted octanol–water partition coefficient (Wildman–Crippen LogP) is 1.72. The Kier molecular flexibility index (Phi) is 6.58. The SMILES string of the molecule is CNc1ccc(CN(C)CCCCCO)cn1. The number of nitrogens with one attached hydrogen (secondary N) is 1. The number of aliphatic hydroxyl groups excluding tert-OH is 1. The van der Waals surface area contributed by atoms with E-state index in [1.807, 2.05) is 19.3 Å². The van der Waals surface area contributed by atoms with E-state index in [1.165, 1.54) is 5.56 Å². The normalized spacial score (nSPS) is 10.8. The summed E-state index contributed by atoms with van der Waals surface area (Å²) in [4.78, 5) is 6.57. The smallest absolute Gasteiger partial charge is 0.125 e. The van der Waals surface area contributed by atoms with Gasteiger partial charge in [-0.25, -0.2) is 4.98 Å². The van der Waals surface area contributed by atoms with E-state index in [1.54, 1.807) is 0 Å². The molecule has 0 spiro atoms. The lowest BCUT2D eigenvalue weighted by Gasteiger charge is -2.16. The van der Waals surface area contributed by atoms with Gasteiger partial charge in [0.05, 0.1) is 0 Å². The van der Waals surface area contributed by atoms with Crippen molar-refractivity contribution >= 4 is 5.82 Å². The average molecular weight is 237 g/mol. The second-order valence-electron chi connectivity index (χ2n) is 4.32. The van der Waals surface area contributed by atoms with Crippen LogP contribution in [-0.2, 0) is 6.54 Å². The number of aliphatic hydroxyl groups is 1. The quantitative estimate of drug-likeness (QED) is 0.676. The molecule has 1 aromatic heterocycles. The molecule has 0 aliphatic carbocycles. The van der Waals surface area contributed by atoms with Crippen LogP contribution in [-0.4, -0.2) is 42.2 Å². The van der Waals surface area contributed by atoms with Crippen molar-refractivity contribution in [3.63, 3.8) is 0 Å². The molecule has 1 heterocycles. The molecular weight excluding hydrogens is 214 g/mol. The van der Waals surface area contributed by atoms with Gasteiger partial charge in [-0.1, -0.05) is 6.07 Å². The van der Waals surface area contributed by atoms with Gasteiger partial charge in [0.25, 0.3) is 0 Å². The predicted molar refractivity (Wildman–Crippen MR) is 71.1 cm³/mol. The maximum absolute atomic E-state index is 8.69. The van der Waals surface area contributed by atoms with Crippen LogP contribution in [0.25, 0.3) is 0 Å². The molecule has 0 bridgehead atoms. The summed E-state index contributed by atoms with van der Waals surface area (Å²) in [7, 11) is 3.99. The van der Waals surface area contributed by atoms with Gasteiger partial charge in [-0.05, 0) is 44.5 Å². The number of hydrogen-bond donors (Lipinski definition) is 2. The lowest BCUT2D eigenvalue weighted by atomic mass is 10.2. The van der Waals surface area contributed by atoms with E-state index in [2.05, 4.69) is 28.3 Å². The fraction of sp³-hybridized carbons (Fsp3) is 0.615. The third-order valence-corrected chi connectivity index (χ3v) is 2.73. The Hall–Kier alpha value is -1.13. The van der Waals surface area contributed by atoms with Gasteiger partial charge in [0, 0.05) is 26.4 Å². The first-order valence-corrected chi connectivity index (χ1v) is 6.18. The van der Waals surface area contributed by atoms with Crippen LogP contribution in [0.5, 0.6) is 0 Å². The Bertz CT molecular complexity index is 300. The summed E-state index contributed by atoms with van der Waals surface area (Å²) in [5.74, 6) is 0.902. The Labute approximate surface area is 104 Å². The molecule has 0 aromatic carbocycles. The van der Waals surface area contributed by atoms with Crippen molar-refractivity contribution in [1.29, 1.82) is 0 Å². The van der Waals surface area contributed by atoms with E-state index in [0.717, 1.165) is 38.2 Å². The van der Waals surface area contributed by atoms with Gasteiger partial charge >= 0.3 is 0 Å². The molecule has 0 unspecified atom stereocenters. The zero-order valence-electron chi connectivity index (χ0n) is 10.8. The highest BCUT2D eigenvalue weighted by molar-refractivity contribution is 5.34. The molecule has 2 N–H and O–H groups in total. The fourth-order valence-electron chi connectivity index (χ4n) is 1.73. The standard InChI is InChI=1S/C13H23N3O/c1-14-13-7-6-12(10-15-13)11-16(2)8-4-3-5-9-17/h6-7,10,17H,3-5,8-9,11H2,1-2H3,(H,14,15). The third-order valence-electron chi connectivity index (χ3n) is 2.73. The first-order chi connectivity index (χ1) is 8.26. The molecule has 0 aliphatic rings. The number of anilines is 1. The summed E-state index contributed by atoms with van der Waals surface area (Å²) in [5.41, 5.74) is 1.23. The summed E-state index contributed by atoms with van der Waals surface area (Å²) in [6, 6.07) is 4.10. The van der Waals surface area contributed by atoms with E-state index in [-0.39, 0.29) is 0 Å². The minimum atomic E-state index is 0.305. The molecule has 0 aliphatic heterocycles. The monoisotopic (exact) mass is 237 g/mol. The molecule has 0 amide bonds. The number of nitrogens with zero attached hydrogens (tertiary/aromatic N) is 2. The largest absolute Gasteiger partial charge is 0.396 e. The van der Waals surface area contributed by atoms with Crippen LogP contribution in [0, 0.1) is 0 Å². The molecule has 0 saturated carbocycles. The van der Waals surface area contributed by atoms with Gasteiger partial charge in [-0.15, -0.1) is 0 Å². The van der Waals surface area contributed by atoms with E-state index in [0.29, 0.717) is 6.61 Å². The number of rotatable bonds is 8. The summed E-state index contributed by atoms with van der Waals surface area (Å²) < 4.78 is 0. The molecule has 4 heteroatoms. The molecule has 0 atom stereocenters. The van der Waals surface area contributed by atoms with Crippen molar-refractivity contribution in [1.82, 2.24) is 9.88 Å². The molecule has 0 radical (unpaired) electrons. The van der Waals surface area contributed by atoms with Crippen LogP contribution in [0.4, 0.5) is 5.82 Å². The molecule has 1 aromatic rings. The van der Waals surface area contributed by atoms with Crippen LogP contribution in [0.15, 0.2) is 18.3 Å². The topological polar surface area (TPSA) is 48.4 Å². The Balaban J connectivity index is 2.26. The lowest BCUT2D eigenvalue weighted by molar-refractivity contribution is 0.271. The number of unbranched alkanes of at least 4 members (excludes halogenated alkanes) is 2. The van der Waals surface area contributed by atoms with E-state index >= 15 is 0 Å². The Morgan fingerprint density at radius 1 is 1.29 bits per heavy atom. The van der Waals surface area contributed by atoms with Crippen LogP contribution < -0.4 is 5.32 Å². The van der Waals surface area contributed by atoms with Gasteiger partial charge in [0.1, 0.15) is 5.82 Å². The summed E-state index contributed by atoms with van der Waals surface area (Å²) in [6.07, 6.45) is 5.05. The van der Waals surface area contributed by atoms with Crippen molar-refractivity contribution < 1.29 is 5.11 Å². The zero-order chi connectivity index (χ0) is 12.5. The highest BCUT2D eigenvalue weighted by Gasteiger charge is 2.00. The Morgan fingerprint density at radius 2 is 2.12 bits per heavy atom. The van der Waals surface area contributed by atoms with Crippen molar-refractivity contribution in [3.8, 4) is 0 Å². The fourth-order valence-corrected chi connectivity index (χ4v) is 1.73. The van der Waals surface area contributed by atoms with Gasteiger partial charge in [0.15, 0.2) is 0 Å². The van der Waals surface area contributed by atoms with Crippen LogP contribution >= 0.6 is 0 Å². The van der Waals surface area contributed by atoms with Crippen LogP contribution in [0.3, 0.4) is 0 Å². The zero-order valence-corrected chi connectivity index (χ0v) is 10.8. The van der Waals surface area contributed by atoms with Crippen molar-refractivity contribution in [2.24, 2.45) is 0 Å². The maximum Gasteiger partial charge on any atom is 0.125 e. The van der Waals surface area contributed by atoms with Gasteiger partial charge in [-0.2, -0.15) is 0 Å². The average Bonchev–Trinajstić information content (AvgIpc) is 2.36. The third kappa shape index (κ3) is 5.65. The van der Waals surface area contributed by atoms with Crippen molar-refractivity contribution in [3.05, 3.63) is 23.9 Å². The molecular formula is C13H23N3O. The van der Waals surface area contributed by atoms with Crippen molar-refractivity contribution in [2.45, 2.75) is 25.8 Å². The van der Waals surface area contributed by atoms with Gasteiger partial charge in [0.2, 0.25) is 0 Å². The second kappa shape index (κ2) is 8.03. The molecule has 96 valence electrons. The number of aromatic nitrogens is 1. The summed E-state index contributed by atoms with van der Waals surface area (Å²) in [5, 5.41) is 11.7. The van der Waals surface area contributed by atoms with Crippen molar-refractivity contribution in [2.75, 3.05) is 32.6 Å².